The molecule has 17 heavy (non-hydrogen) atoms. The van der Waals surface area contributed by atoms with Crippen LogP contribution in [0.15, 0.2) is 18.2 Å². The third-order valence-corrected chi connectivity index (χ3v) is 3.35. The maximum Gasteiger partial charge on any atom is 0.125 e. The van der Waals surface area contributed by atoms with Crippen molar-refractivity contribution in [3.63, 3.8) is 0 Å². The van der Waals surface area contributed by atoms with Gasteiger partial charge in [0, 0.05) is 19.0 Å². The maximum absolute atomic E-state index is 5.94. The molecule has 1 aromatic rings. The smallest absolute Gasteiger partial charge is 0.125 e. The van der Waals surface area contributed by atoms with Crippen molar-refractivity contribution in [1.29, 1.82) is 0 Å². The van der Waals surface area contributed by atoms with E-state index in [9.17, 15) is 0 Å². The van der Waals surface area contributed by atoms with Crippen LogP contribution in [0.1, 0.15) is 18.1 Å². The van der Waals surface area contributed by atoms with Crippen molar-refractivity contribution in [3.05, 3.63) is 29.3 Å². The van der Waals surface area contributed by atoms with Crippen molar-refractivity contribution in [3.8, 4) is 5.75 Å². The van der Waals surface area contributed by atoms with Gasteiger partial charge in [0.15, 0.2) is 0 Å². The van der Waals surface area contributed by atoms with Crippen LogP contribution in [0.2, 0.25) is 0 Å². The molecule has 3 heteroatoms. The lowest BCUT2D eigenvalue weighted by Crippen LogP contribution is -2.48. The fourth-order valence-electron chi connectivity index (χ4n) is 2.27. The Morgan fingerprint density at radius 2 is 1.82 bits per heavy atom. The minimum Gasteiger partial charge on any atom is -0.493 e. The molecular weight excluding hydrogens is 234 g/mol. The third kappa shape index (κ3) is 3.36. The van der Waals surface area contributed by atoms with E-state index in [0.717, 1.165) is 18.3 Å². The molecule has 0 N–H and O–H groups in total. The summed E-state index contributed by atoms with van der Waals surface area (Å²) in [5, 5.41) is 0. The number of benzene rings is 1. The van der Waals surface area contributed by atoms with Gasteiger partial charge in [0.25, 0.3) is 0 Å². The van der Waals surface area contributed by atoms with Crippen molar-refractivity contribution in [2.45, 2.75) is 20.8 Å². The number of para-hydroxylation sites is 1. The molecule has 0 bridgehead atoms. The van der Waals surface area contributed by atoms with Crippen LogP contribution in [0.3, 0.4) is 0 Å². The third-order valence-electron chi connectivity index (χ3n) is 3.35. The lowest BCUT2D eigenvalue weighted by molar-refractivity contribution is 0.0667. The molecule has 96 valence electrons. The first kappa shape index (κ1) is 14.3. The zero-order chi connectivity index (χ0) is 11.5. The van der Waals surface area contributed by atoms with Gasteiger partial charge in [-0.05, 0) is 31.5 Å². The minimum absolute atomic E-state index is 0. The van der Waals surface area contributed by atoms with Gasteiger partial charge in [-0.2, -0.15) is 0 Å². The second-order valence-electron chi connectivity index (χ2n) is 4.75. The van der Waals surface area contributed by atoms with Crippen molar-refractivity contribution < 1.29 is 4.74 Å². The monoisotopic (exact) mass is 255 g/mol. The van der Waals surface area contributed by atoms with Gasteiger partial charge in [0.05, 0.1) is 6.61 Å². The van der Waals surface area contributed by atoms with Crippen molar-refractivity contribution in [1.82, 2.24) is 4.90 Å². The molecule has 1 heterocycles. The highest BCUT2D eigenvalue weighted by atomic mass is 35.5. The first-order chi connectivity index (χ1) is 7.70. The summed E-state index contributed by atoms with van der Waals surface area (Å²) >= 11 is 0. The zero-order valence-corrected chi connectivity index (χ0v) is 11.7. The van der Waals surface area contributed by atoms with Crippen molar-refractivity contribution in [2.75, 3.05) is 26.2 Å². The SMILES string of the molecule is CCN1CC(COc2c(C)cccc2C)C1.Cl. The topological polar surface area (TPSA) is 12.5 Å². The first-order valence-corrected chi connectivity index (χ1v) is 6.12. The molecule has 0 spiro atoms. The second-order valence-corrected chi connectivity index (χ2v) is 4.75. The van der Waals surface area contributed by atoms with Crippen LogP contribution >= 0.6 is 12.4 Å². The van der Waals surface area contributed by atoms with E-state index in [1.807, 2.05) is 0 Å². The fourth-order valence-corrected chi connectivity index (χ4v) is 2.27. The Labute approximate surface area is 110 Å². The van der Waals surface area contributed by atoms with E-state index in [4.69, 9.17) is 4.74 Å². The predicted molar refractivity (Wildman–Crippen MR) is 74.3 cm³/mol. The summed E-state index contributed by atoms with van der Waals surface area (Å²) < 4.78 is 5.94. The molecular formula is C14H22ClNO. The van der Waals surface area contributed by atoms with E-state index in [-0.39, 0.29) is 12.4 Å². The second kappa shape index (κ2) is 6.27. The quantitative estimate of drug-likeness (QED) is 0.820. The summed E-state index contributed by atoms with van der Waals surface area (Å²) in [6, 6.07) is 6.31. The molecule has 1 aliphatic rings. The van der Waals surface area contributed by atoms with E-state index in [0.29, 0.717) is 0 Å². The summed E-state index contributed by atoms with van der Waals surface area (Å²) in [6.07, 6.45) is 0. The summed E-state index contributed by atoms with van der Waals surface area (Å²) in [5.74, 6) is 1.80. The Kier molecular flexibility index (Phi) is 5.29. The molecule has 1 aliphatic heterocycles. The molecule has 0 amide bonds. The van der Waals surface area contributed by atoms with Gasteiger partial charge in [0.2, 0.25) is 0 Å². The molecule has 0 aliphatic carbocycles. The average Bonchev–Trinajstić information content (AvgIpc) is 2.19. The number of hydrogen-bond acceptors (Lipinski definition) is 2. The van der Waals surface area contributed by atoms with Gasteiger partial charge in [-0.1, -0.05) is 25.1 Å². The molecule has 2 rings (SSSR count). The van der Waals surface area contributed by atoms with Crippen LogP contribution in [-0.4, -0.2) is 31.1 Å². The zero-order valence-electron chi connectivity index (χ0n) is 10.9. The molecule has 1 saturated heterocycles. The highest BCUT2D eigenvalue weighted by Gasteiger charge is 2.25. The van der Waals surface area contributed by atoms with Gasteiger partial charge < -0.3 is 9.64 Å². The van der Waals surface area contributed by atoms with Gasteiger partial charge in [0.1, 0.15) is 5.75 Å². The van der Waals surface area contributed by atoms with Crippen LogP contribution in [0, 0.1) is 19.8 Å². The predicted octanol–water partition coefficient (Wildman–Crippen LogP) is 3.06. The molecule has 1 fully saturated rings. The van der Waals surface area contributed by atoms with Crippen LogP contribution < -0.4 is 4.74 Å². The number of likely N-dealkylation sites (tertiary alicyclic amines) is 1. The molecule has 0 aromatic heterocycles. The standard InChI is InChI=1S/C14H21NO.ClH/c1-4-15-8-13(9-15)10-16-14-11(2)6-5-7-12(14)3;/h5-7,13H,4,8-10H2,1-3H3;1H. The maximum atomic E-state index is 5.94. The number of nitrogens with zero attached hydrogens (tertiary/aromatic N) is 1. The summed E-state index contributed by atoms with van der Waals surface area (Å²) in [4.78, 5) is 2.44. The highest BCUT2D eigenvalue weighted by Crippen LogP contribution is 2.24. The highest BCUT2D eigenvalue weighted by molar-refractivity contribution is 5.85. The lowest BCUT2D eigenvalue weighted by Gasteiger charge is -2.38. The average molecular weight is 256 g/mol. The summed E-state index contributed by atoms with van der Waals surface area (Å²) in [6.45, 7) is 10.9. The van der Waals surface area contributed by atoms with Crippen LogP contribution in [-0.2, 0) is 0 Å². The normalized spacial score (nSPS) is 16.2. The molecule has 0 unspecified atom stereocenters. The molecule has 0 atom stereocenters. The Hall–Kier alpha value is -0.730. The number of ether oxygens (including phenoxy) is 1. The fraction of sp³-hybridized carbons (Fsp3) is 0.571. The van der Waals surface area contributed by atoms with Crippen LogP contribution in [0.25, 0.3) is 0 Å². The Morgan fingerprint density at radius 3 is 2.35 bits per heavy atom. The number of hydrogen-bond donors (Lipinski definition) is 0. The van der Waals surface area contributed by atoms with E-state index < -0.39 is 0 Å². The summed E-state index contributed by atoms with van der Waals surface area (Å²) in [7, 11) is 0. The van der Waals surface area contributed by atoms with E-state index >= 15 is 0 Å². The number of rotatable bonds is 4. The first-order valence-electron chi connectivity index (χ1n) is 6.12. The molecule has 1 aromatic carbocycles. The Morgan fingerprint density at radius 1 is 1.24 bits per heavy atom. The number of halogens is 1. The Bertz CT molecular complexity index is 341. The molecule has 2 nitrogen and oxygen atoms in total. The Balaban J connectivity index is 0.00000144. The largest absolute Gasteiger partial charge is 0.493 e. The van der Waals surface area contributed by atoms with Crippen molar-refractivity contribution in [2.24, 2.45) is 5.92 Å². The van der Waals surface area contributed by atoms with E-state index in [2.05, 4.69) is 43.9 Å². The van der Waals surface area contributed by atoms with Gasteiger partial charge in [-0.25, -0.2) is 0 Å². The lowest BCUT2D eigenvalue weighted by atomic mass is 10.0. The van der Waals surface area contributed by atoms with Crippen LogP contribution in [0.5, 0.6) is 5.75 Å². The van der Waals surface area contributed by atoms with E-state index in [1.165, 1.54) is 30.8 Å². The number of aryl methyl sites for hydroxylation is 2. The molecule has 0 radical (unpaired) electrons. The van der Waals surface area contributed by atoms with Crippen LogP contribution in [0.4, 0.5) is 0 Å². The summed E-state index contributed by atoms with van der Waals surface area (Å²) in [5.41, 5.74) is 2.48. The van der Waals surface area contributed by atoms with E-state index in [1.54, 1.807) is 0 Å². The minimum atomic E-state index is 0. The van der Waals surface area contributed by atoms with Gasteiger partial charge in [-0.15, -0.1) is 12.4 Å². The molecule has 0 saturated carbocycles. The van der Waals surface area contributed by atoms with Gasteiger partial charge >= 0.3 is 0 Å². The van der Waals surface area contributed by atoms with Gasteiger partial charge in [-0.3, -0.25) is 0 Å². The van der Waals surface area contributed by atoms with Crippen molar-refractivity contribution >= 4 is 12.4 Å².